The number of amides is 1. The highest BCUT2D eigenvalue weighted by atomic mass is 16.5. The van der Waals surface area contributed by atoms with Crippen LogP contribution in [0.15, 0.2) is 18.2 Å². The van der Waals surface area contributed by atoms with Gasteiger partial charge in [0.15, 0.2) is 6.10 Å². The van der Waals surface area contributed by atoms with Gasteiger partial charge in [-0.15, -0.1) is 0 Å². The van der Waals surface area contributed by atoms with Gasteiger partial charge >= 0.3 is 0 Å². The first-order valence-electron chi connectivity index (χ1n) is 7.25. The molecule has 0 aliphatic heterocycles. The van der Waals surface area contributed by atoms with Crippen molar-refractivity contribution in [2.45, 2.75) is 58.3 Å². The van der Waals surface area contributed by atoms with Gasteiger partial charge in [-0.3, -0.25) is 4.79 Å². The quantitative estimate of drug-likeness (QED) is 0.888. The lowest BCUT2D eigenvalue weighted by molar-refractivity contribution is -0.127. The first-order valence-corrected chi connectivity index (χ1v) is 7.25. The number of aliphatic hydroxyl groups excluding tert-OH is 1. The molecule has 1 aliphatic carbocycles. The van der Waals surface area contributed by atoms with Crippen molar-refractivity contribution in [2.24, 2.45) is 0 Å². The highest BCUT2D eigenvalue weighted by Gasteiger charge is 2.20. The molecule has 2 atom stereocenters. The zero-order chi connectivity index (χ0) is 14.7. The third-order valence-electron chi connectivity index (χ3n) is 3.51. The van der Waals surface area contributed by atoms with Crippen molar-refractivity contribution in [2.75, 3.05) is 0 Å². The normalized spacial score (nSPS) is 19.4. The topological polar surface area (TPSA) is 58.6 Å². The number of ether oxygens (including phenoxy) is 1. The summed E-state index contributed by atoms with van der Waals surface area (Å²) in [5.41, 5.74) is 2.11. The average Bonchev–Trinajstić information content (AvgIpc) is 2.39. The molecule has 0 saturated heterocycles. The summed E-state index contributed by atoms with van der Waals surface area (Å²) in [4.78, 5) is 11.8. The van der Waals surface area contributed by atoms with E-state index in [0.29, 0.717) is 5.75 Å². The second-order valence-corrected chi connectivity index (χ2v) is 5.69. The molecule has 20 heavy (non-hydrogen) atoms. The molecule has 0 bridgehead atoms. The molecular weight excluding hydrogens is 254 g/mol. The van der Waals surface area contributed by atoms with Gasteiger partial charge in [0.1, 0.15) is 5.75 Å². The van der Waals surface area contributed by atoms with Crippen molar-refractivity contribution < 1.29 is 14.6 Å². The molecule has 1 unspecified atom stereocenters. The van der Waals surface area contributed by atoms with Gasteiger partial charge in [0.2, 0.25) is 0 Å². The third-order valence-corrected chi connectivity index (χ3v) is 3.51. The molecule has 0 aromatic heterocycles. The maximum atomic E-state index is 11.8. The van der Waals surface area contributed by atoms with E-state index in [1.54, 1.807) is 6.92 Å². The van der Waals surface area contributed by atoms with E-state index in [9.17, 15) is 9.90 Å². The van der Waals surface area contributed by atoms with Gasteiger partial charge in [0.05, 0.1) is 6.10 Å². The van der Waals surface area contributed by atoms with Crippen LogP contribution in [0.4, 0.5) is 0 Å². The first-order chi connectivity index (χ1) is 9.47. The third kappa shape index (κ3) is 3.51. The predicted molar refractivity (Wildman–Crippen MR) is 77.7 cm³/mol. The summed E-state index contributed by atoms with van der Waals surface area (Å²) in [6.07, 6.45) is 1.84. The number of benzene rings is 1. The van der Waals surface area contributed by atoms with E-state index in [0.717, 1.165) is 24.8 Å². The SMILES string of the molecule is CC(C)NC(=O)C(C)Oc1ccc2c(c1)[C@@H](O)CCC2. The summed E-state index contributed by atoms with van der Waals surface area (Å²) in [5.74, 6) is 0.509. The summed E-state index contributed by atoms with van der Waals surface area (Å²) in [6, 6.07) is 5.81. The van der Waals surface area contributed by atoms with Crippen LogP contribution in [0.25, 0.3) is 0 Å². The molecule has 110 valence electrons. The Kier molecular flexibility index (Phi) is 4.65. The standard InChI is InChI=1S/C16H23NO3/c1-10(2)17-16(19)11(3)20-13-8-7-12-5-4-6-15(18)14(12)9-13/h7-11,15,18H,4-6H2,1-3H3,(H,17,19)/t11?,15-/m0/s1. The van der Waals surface area contributed by atoms with Crippen LogP contribution in [0.5, 0.6) is 5.75 Å². The molecule has 1 aliphatic rings. The fourth-order valence-electron chi connectivity index (χ4n) is 2.49. The maximum absolute atomic E-state index is 11.8. The number of nitrogens with one attached hydrogen (secondary N) is 1. The highest BCUT2D eigenvalue weighted by Crippen LogP contribution is 2.32. The smallest absolute Gasteiger partial charge is 0.260 e. The summed E-state index contributed by atoms with van der Waals surface area (Å²) in [7, 11) is 0. The molecule has 2 N–H and O–H groups in total. The van der Waals surface area contributed by atoms with Crippen LogP contribution in [0.2, 0.25) is 0 Å². The Morgan fingerprint density at radius 3 is 2.85 bits per heavy atom. The zero-order valence-electron chi connectivity index (χ0n) is 12.3. The Labute approximate surface area is 120 Å². The lowest BCUT2D eigenvalue weighted by Gasteiger charge is -2.23. The van der Waals surface area contributed by atoms with E-state index in [2.05, 4.69) is 5.32 Å². The van der Waals surface area contributed by atoms with Crippen LogP contribution < -0.4 is 10.1 Å². The number of rotatable bonds is 4. The molecule has 0 spiro atoms. The van der Waals surface area contributed by atoms with Crippen LogP contribution in [-0.2, 0) is 11.2 Å². The highest BCUT2D eigenvalue weighted by molar-refractivity contribution is 5.80. The number of aliphatic hydroxyl groups is 1. The lowest BCUT2D eigenvalue weighted by atomic mass is 9.89. The number of aryl methyl sites for hydroxylation is 1. The van der Waals surface area contributed by atoms with Gasteiger partial charge in [-0.25, -0.2) is 0 Å². The summed E-state index contributed by atoms with van der Waals surface area (Å²) in [6.45, 7) is 5.56. The molecule has 1 aromatic rings. The summed E-state index contributed by atoms with van der Waals surface area (Å²) < 4.78 is 5.67. The fraction of sp³-hybridized carbons (Fsp3) is 0.562. The van der Waals surface area contributed by atoms with Gasteiger partial charge < -0.3 is 15.2 Å². The van der Waals surface area contributed by atoms with Crippen molar-refractivity contribution in [3.05, 3.63) is 29.3 Å². The second kappa shape index (κ2) is 6.27. The molecule has 0 saturated carbocycles. The van der Waals surface area contributed by atoms with E-state index >= 15 is 0 Å². The molecule has 2 rings (SSSR count). The van der Waals surface area contributed by atoms with Gasteiger partial charge in [-0.1, -0.05) is 6.07 Å². The van der Waals surface area contributed by atoms with Gasteiger partial charge in [0.25, 0.3) is 5.91 Å². The van der Waals surface area contributed by atoms with Crippen molar-refractivity contribution in [1.29, 1.82) is 0 Å². The van der Waals surface area contributed by atoms with E-state index in [1.807, 2.05) is 32.0 Å². The van der Waals surface area contributed by atoms with Crippen molar-refractivity contribution in [1.82, 2.24) is 5.32 Å². The lowest BCUT2D eigenvalue weighted by Crippen LogP contribution is -2.40. The van der Waals surface area contributed by atoms with Gasteiger partial charge in [-0.2, -0.15) is 0 Å². The fourth-order valence-corrected chi connectivity index (χ4v) is 2.49. The minimum atomic E-state index is -0.545. The van der Waals surface area contributed by atoms with Crippen LogP contribution >= 0.6 is 0 Å². The summed E-state index contributed by atoms with van der Waals surface area (Å²) >= 11 is 0. The molecule has 4 heteroatoms. The molecule has 0 radical (unpaired) electrons. The Morgan fingerprint density at radius 2 is 2.15 bits per heavy atom. The molecule has 0 heterocycles. The van der Waals surface area contributed by atoms with Crippen molar-refractivity contribution in [3.63, 3.8) is 0 Å². The zero-order valence-corrected chi connectivity index (χ0v) is 12.3. The average molecular weight is 277 g/mol. The number of carbonyl (C=O) groups is 1. The number of hydrogen-bond donors (Lipinski definition) is 2. The number of fused-ring (bicyclic) bond motifs is 1. The van der Waals surface area contributed by atoms with Gasteiger partial charge in [-0.05, 0) is 63.3 Å². The minimum Gasteiger partial charge on any atom is -0.481 e. The minimum absolute atomic E-state index is 0.0962. The van der Waals surface area contributed by atoms with Crippen molar-refractivity contribution >= 4 is 5.91 Å². The van der Waals surface area contributed by atoms with E-state index < -0.39 is 12.2 Å². The number of hydrogen-bond acceptors (Lipinski definition) is 3. The Hall–Kier alpha value is -1.55. The largest absolute Gasteiger partial charge is 0.481 e. The van der Waals surface area contributed by atoms with Crippen LogP contribution in [0, 0.1) is 0 Å². The Balaban J connectivity index is 2.06. The van der Waals surface area contributed by atoms with Crippen LogP contribution in [0.1, 0.15) is 50.8 Å². The van der Waals surface area contributed by atoms with Gasteiger partial charge in [0, 0.05) is 6.04 Å². The summed E-state index contributed by atoms with van der Waals surface area (Å²) in [5, 5.41) is 12.8. The Morgan fingerprint density at radius 1 is 1.40 bits per heavy atom. The predicted octanol–water partition coefficient (Wildman–Crippen LogP) is 2.35. The Bertz CT molecular complexity index is 485. The molecule has 1 aromatic carbocycles. The van der Waals surface area contributed by atoms with Crippen LogP contribution in [-0.4, -0.2) is 23.2 Å². The molecule has 0 fully saturated rings. The van der Waals surface area contributed by atoms with Crippen molar-refractivity contribution in [3.8, 4) is 5.75 Å². The number of carbonyl (C=O) groups excluding carboxylic acids is 1. The molecule has 1 amide bonds. The van der Waals surface area contributed by atoms with Crippen LogP contribution in [0.3, 0.4) is 0 Å². The maximum Gasteiger partial charge on any atom is 0.260 e. The molecular formula is C16H23NO3. The second-order valence-electron chi connectivity index (χ2n) is 5.69. The van der Waals surface area contributed by atoms with E-state index in [4.69, 9.17) is 4.74 Å². The van der Waals surface area contributed by atoms with E-state index in [-0.39, 0.29) is 11.9 Å². The van der Waals surface area contributed by atoms with E-state index in [1.165, 1.54) is 5.56 Å². The first kappa shape index (κ1) is 14.9. The monoisotopic (exact) mass is 277 g/mol. The molecule has 4 nitrogen and oxygen atoms in total.